The summed E-state index contributed by atoms with van der Waals surface area (Å²) < 4.78 is 5.03. The smallest absolute Gasteiger partial charge is 0.0474 e. The lowest BCUT2D eigenvalue weighted by Crippen LogP contribution is -2.28. The van der Waals surface area contributed by atoms with Gasteiger partial charge in [-0.05, 0) is 46.3 Å². The number of methoxy groups -OCH3 is 1. The van der Waals surface area contributed by atoms with Gasteiger partial charge in [0.15, 0.2) is 0 Å². The molecule has 0 saturated carbocycles. The molecule has 3 heteroatoms. The summed E-state index contributed by atoms with van der Waals surface area (Å²) in [4.78, 5) is 2.39. The fourth-order valence-electron chi connectivity index (χ4n) is 1.71. The van der Waals surface area contributed by atoms with Gasteiger partial charge in [-0.1, -0.05) is 6.92 Å². The lowest BCUT2D eigenvalue weighted by molar-refractivity contribution is 0.178. The van der Waals surface area contributed by atoms with Gasteiger partial charge in [-0.2, -0.15) is 0 Å². The minimum atomic E-state index is 0.655. The minimum absolute atomic E-state index is 0.655. The number of hydrogen-bond acceptors (Lipinski definition) is 3. The molecule has 0 aliphatic rings. The highest BCUT2D eigenvalue weighted by Gasteiger charge is 2.01. The number of rotatable bonds is 10. The normalized spacial score (nSPS) is 13.4. The van der Waals surface area contributed by atoms with Crippen LogP contribution in [0.2, 0.25) is 0 Å². The molecule has 1 unspecified atom stereocenters. The van der Waals surface area contributed by atoms with E-state index < -0.39 is 0 Å². The van der Waals surface area contributed by atoms with Crippen LogP contribution in [0.5, 0.6) is 0 Å². The zero-order valence-corrected chi connectivity index (χ0v) is 10.9. The molecule has 0 amide bonds. The summed E-state index contributed by atoms with van der Waals surface area (Å²) >= 11 is 0. The second kappa shape index (κ2) is 10.4. The second-order valence-corrected chi connectivity index (χ2v) is 4.25. The SMILES string of the molecule is CCNC(C)CCCN(C)CCCOC. The van der Waals surface area contributed by atoms with Gasteiger partial charge >= 0.3 is 0 Å². The Morgan fingerprint density at radius 2 is 1.93 bits per heavy atom. The summed E-state index contributed by atoms with van der Waals surface area (Å²) in [6.45, 7) is 8.70. The average Bonchev–Trinajstić information content (AvgIpc) is 2.18. The Hall–Kier alpha value is -0.120. The van der Waals surface area contributed by atoms with Crippen molar-refractivity contribution in [3.63, 3.8) is 0 Å². The summed E-state index contributed by atoms with van der Waals surface area (Å²) in [5.41, 5.74) is 0. The monoisotopic (exact) mass is 216 g/mol. The van der Waals surface area contributed by atoms with Crippen LogP contribution in [0.25, 0.3) is 0 Å². The van der Waals surface area contributed by atoms with Gasteiger partial charge < -0.3 is 15.0 Å². The van der Waals surface area contributed by atoms with Crippen LogP contribution < -0.4 is 5.32 Å². The Kier molecular flexibility index (Phi) is 10.3. The highest BCUT2D eigenvalue weighted by atomic mass is 16.5. The first-order valence-electron chi connectivity index (χ1n) is 6.11. The molecule has 0 aliphatic carbocycles. The Bertz CT molecular complexity index is 131. The molecule has 0 rings (SSSR count). The Morgan fingerprint density at radius 3 is 2.53 bits per heavy atom. The molecule has 0 aromatic heterocycles. The molecule has 0 radical (unpaired) electrons. The predicted molar refractivity (Wildman–Crippen MR) is 66.4 cm³/mol. The van der Waals surface area contributed by atoms with Gasteiger partial charge in [-0.3, -0.25) is 0 Å². The van der Waals surface area contributed by atoms with Crippen molar-refractivity contribution in [3.8, 4) is 0 Å². The van der Waals surface area contributed by atoms with E-state index >= 15 is 0 Å². The van der Waals surface area contributed by atoms with Crippen molar-refractivity contribution in [2.45, 2.75) is 39.2 Å². The molecule has 0 heterocycles. The van der Waals surface area contributed by atoms with Crippen molar-refractivity contribution in [2.24, 2.45) is 0 Å². The van der Waals surface area contributed by atoms with Crippen LogP contribution in [0.3, 0.4) is 0 Å². The highest BCUT2D eigenvalue weighted by Crippen LogP contribution is 1.98. The Balaban J connectivity index is 3.26. The maximum atomic E-state index is 5.03. The van der Waals surface area contributed by atoms with Crippen LogP contribution in [0, 0.1) is 0 Å². The van der Waals surface area contributed by atoms with Gasteiger partial charge in [0, 0.05) is 26.3 Å². The van der Waals surface area contributed by atoms with Crippen LogP contribution in [0.15, 0.2) is 0 Å². The molecule has 0 aromatic rings. The first kappa shape index (κ1) is 14.9. The fourth-order valence-corrected chi connectivity index (χ4v) is 1.71. The van der Waals surface area contributed by atoms with Crippen LogP contribution >= 0.6 is 0 Å². The Morgan fingerprint density at radius 1 is 1.27 bits per heavy atom. The quantitative estimate of drug-likeness (QED) is 0.563. The van der Waals surface area contributed by atoms with Crippen molar-refractivity contribution in [2.75, 3.05) is 40.4 Å². The number of nitrogens with zero attached hydrogens (tertiary/aromatic N) is 1. The standard InChI is InChI=1S/C12H28N2O/c1-5-13-12(2)8-6-9-14(3)10-7-11-15-4/h12-13H,5-11H2,1-4H3. The third-order valence-corrected chi connectivity index (χ3v) is 2.62. The summed E-state index contributed by atoms with van der Waals surface area (Å²) in [7, 11) is 3.95. The highest BCUT2D eigenvalue weighted by molar-refractivity contribution is 4.61. The number of hydrogen-bond donors (Lipinski definition) is 1. The van der Waals surface area contributed by atoms with Crippen LogP contribution in [-0.4, -0.2) is 51.3 Å². The molecule has 0 saturated heterocycles. The predicted octanol–water partition coefficient (Wildman–Crippen LogP) is 1.73. The van der Waals surface area contributed by atoms with E-state index in [0.29, 0.717) is 6.04 Å². The van der Waals surface area contributed by atoms with Gasteiger partial charge in [0.25, 0.3) is 0 Å². The molecule has 0 fully saturated rings. The topological polar surface area (TPSA) is 24.5 Å². The molecule has 0 spiro atoms. The van der Waals surface area contributed by atoms with Crippen molar-refractivity contribution in [1.82, 2.24) is 10.2 Å². The average molecular weight is 216 g/mol. The lowest BCUT2D eigenvalue weighted by Gasteiger charge is -2.18. The van der Waals surface area contributed by atoms with Gasteiger partial charge in [0.05, 0.1) is 0 Å². The number of nitrogens with one attached hydrogen (secondary N) is 1. The zero-order valence-electron chi connectivity index (χ0n) is 10.9. The summed E-state index contributed by atoms with van der Waals surface area (Å²) in [6, 6.07) is 0.655. The van der Waals surface area contributed by atoms with E-state index in [4.69, 9.17) is 4.74 Å². The summed E-state index contributed by atoms with van der Waals surface area (Å²) in [5.74, 6) is 0. The third-order valence-electron chi connectivity index (χ3n) is 2.62. The van der Waals surface area contributed by atoms with Gasteiger partial charge in [-0.15, -0.1) is 0 Å². The van der Waals surface area contributed by atoms with Crippen LogP contribution in [-0.2, 0) is 4.74 Å². The van der Waals surface area contributed by atoms with Gasteiger partial charge in [0.2, 0.25) is 0 Å². The third kappa shape index (κ3) is 10.2. The molecule has 0 aliphatic heterocycles. The maximum absolute atomic E-state index is 5.03. The lowest BCUT2D eigenvalue weighted by atomic mass is 10.2. The molecule has 3 nitrogen and oxygen atoms in total. The molecule has 1 atom stereocenters. The molecule has 15 heavy (non-hydrogen) atoms. The molecular weight excluding hydrogens is 188 g/mol. The largest absolute Gasteiger partial charge is 0.385 e. The van der Waals surface area contributed by atoms with Crippen LogP contribution in [0.4, 0.5) is 0 Å². The van der Waals surface area contributed by atoms with E-state index in [1.165, 1.54) is 19.4 Å². The van der Waals surface area contributed by atoms with Crippen molar-refractivity contribution in [3.05, 3.63) is 0 Å². The summed E-state index contributed by atoms with van der Waals surface area (Å²) in [5, 5.41) is 3.43. The van der Waals surface area contributed by atoms with E-state index in [9.17, 15) is 0 Å². The van der Waals surface area contributed by atoms with E-state index in [1.54, 1.807) is 7.11 Å². The Labute approximate surface area is 95.2 Å². The first-order chi connectivity index (χ1) is 7.20. The summed E-state index contributed by atoms with van der Waals surface area (Å²) in [6.07, 6.45) is 3.68. The second-order valence-electron chi connectivity index (χ2n) is 4.25. The maximum Gasteiger partial charge on any atom is 0.0474 e. The molecular formula is C12H28N2O. The minimum Gasteiger partial charge on any atom is -0.385 e. The van der Waals surface area contributed by atoms with Crippen molar-refractivity contribution in [1.29, 1.82) is 0 Å². The number of ether oxygens (including phenoxy) is 1. The van der Waals surface area contributed by atoms with Gasteiger partial charge in [-0.25, -0.2) is 0 Å². The molecule has 0 aromatic carbocycles. The van der Waals surface area contributed by atoms with Crippen molar-refractivity contribution >= 4 is 0 Å². The van der Waals surface area contributed by atoms with Gasteiger partial charge in [0.1, 0.15) is 0 Å². The molecule has 92 valence electrons. The van der Waals surface area contributed by atoms with Crippen LogP contribution in [0.1, 0.15) is 33.1 Å². The first-order valence-corrected chi connectivity index (χ1v) is 6.11. The van der Waals surface area contributed by atoms with Crippen molar-refractivity contribution < 1.29 is 4.74 Å². The van der Waals surface area contributed by atoms with E-state index in [1.807, 2.05) is 0 Å². The van der Waals surface area contributed by atoms with E-state index in [0.717, 1.165) is 26.1 Å². The molecule has 0 bridgehead atoms. The van der Waals surface area contributed by atoms with E-state index in [-0.39, 0.29) is 0 Å². The van der Waals surface area contributed by atoms with E-state index in [2.05, 4.69) is 31.1 Å². The zero-order chi connectivity index (χ0) is 11.5. The molecule has 1 N–H and O–H groups in total. The fraction of sp³-hybridized carbons (Fsp3) is 1.00.